The molecule has 2 heterocycles. The van der Waals surface area contributed by atoms with E-state index in [1.54, 1.807) is 25.3 Å². The highest BCUT2D eigenvalue weighted by Gasteiger charge is 2.28. The first kappa shape index (κ1) is 18.6. The van der Waals surface area contributed by atoms with Gasteiger partial charge in [-0.1, -0.05) is 12.1 Å². The smallest absolute Gasteiger partial charge is 0.308 e. The number of amides is 1. The van der Waals surface area contributed by atoms with Gasteiger partial charge in [0.15, 0.2) is 0 Å². The van der Waals surface area contributed by atoms with Gasteiger partial charge in [0.25, 0.3) is 5.56 Å². The number of carbonyl (C=O) groups excluding carboxylic acids is 1. The molecule has 1 aliphatic rings. The Morgan fingerprint density at radius 1 is 1.30 bits per heavy atom. The number of aliphatic carboxylic acids is 1. The molecular formula is C19H21N3O5. The van der Waals surface area contributed by atoms with Crippen molar-refractivity contribution in [3.05, 3.63) is 46.8 Å². The lowest BCUT2D eigenvalue weighted by atomic mass is 9.98. The standard InChI is InChI=1S/C19H21N3O5/c1-27-15-6-2-4-13(10-15)16-7-8-17(23)22(20-16)12-18(24)21-9-3-5-14(11-21)19(25)26/h2,4,6-8,10,14H,3,5,9,11-12H2,1H3,(H,25,26)/t14-/m1/s1. The van der Waals surface area contributed by atoms with Crippen molar-refractivity contribution in [3.8, 4) is 17.0 Å². The Balaban J connectivity index is 1.79. The molecule has 0 bridgehead atoms. The highest BCUT2D eigenvalue weighted by Crippen LogP contribution is 2.21. The summed E-state index contributed by atoms with van der Waals surface area (Å²) in [7, 11) is 1.56. The number of rotatable bonds is 5. The monoisotopic (exact) mass is 371 g/mol. The zero-order valence-electron chi connectivity index (χ0n) is 15.0. The van der Waals surface area contributed by atoms with Crippen LogP contribution >= 0.6 is 0 Å². The van der Waals surface area contributed by atoms with Crippen LogP contribution < -0.4 is 10.3 Å². The van der Waals surface area contributed by atoms with E-state index in [4.69, 9.17) is 9.84 Å². The van der Waals surface area contributed by atoms with Crippen LogP contribution in [0.2, 0.25) is 0 Å². The molecule has 1 saturated heterocycles. The number of likely N-dealkylation sites (tertiary alicyclic amines) is 1. The molecule has 1 N–H and O–H groups in total. The maximum Gasteiger partial charge on any atom is 0.308 e. The van der Waals surface area contributed by atoms with Crippen LogP contribution in [0.25, 0.3) is 11.3 Å². The molecule has 1 amide bonds. The second-order valence-electron chi connectivity index (χ2n) is 6.46. The lowest BCUT2D eigenvalue weighted by Crippen LogP contribution is -2.44. The van der Waals surface area contributed by atoms with Gasteiger partial charge in [0.05, 0.1) is 18.7 Å². The van der Waals surface area contributed by atoms with Gasteiger partial charge >= 0.3 is 5.97 Å². The highest BCUT2D eigenvalue weighted by atomic mass is 16.5. The Morgan fingerprint density at radius 3 is 2.85 bits per heavy atom. The van der Waals surface area contributed by atoms with E-state index >= 15 is 0 Å². The minimum atomic E-state index is -0.900. The van der Waals surface area contributed by atoms with Crippen LogP contribution in [0.5, 0.6) is 5.75 Å². The molecule has 27 heavy (non-hydrogen) atoms. The average molecular weight is 371 g/mol. The summed E-state index contributed by atoms with van der Waals surface area (Å²) >= 11 is 0. The normalized spacial score (nSPS) is 16.8. The van der Waals surface area contributed by atoms with Crippen molar-refractivity contribution < 1.29 is 19.4 Å². The van der Waals surface area contributed by atoms with Gasteiger partial charge in [-0.15, -0.1) is 0 Å². The maximum atomic E-state index is 12.5. The second kappa shape index (κ2) is 8.03. The average Bonchev–Trinajstić information content (AvgIpc) is 2.69. The van der Waals surface area contributed by atoms with Crippen molar-refractivity contribution in [3.63, 3.8) is 0 Å². The van der Waals surface area contributed by atoms with E-state index in [1.165, 1.54) is 11.0 Å². The number of carboxylic acids is 1. The minimum absolute atomic E-state index is 0.165. The Hall–Kier alpha value is -3.16. The molecule has 1 aliphatic heterocycles. The largest absolute Gasteiger partial charge is 0.497 e. The maximum absolute atomic E-state index is 12.5. The predicted octanol–water partition coefficient (Wildman–Crippen LogP) is 1.24. The number of methoxy groups -OCH3 is 1. The molecule has 1 aromatic carbocycles. The number of nitrogens with zero attached hydrogens (tertiary/aromatic N) is 3. The molecule has 2 aromatic rings. The van der Waals surface area contributed by atoms with Gasteiger partial charge in [0.1, 0.15) is 12.3 Å². The van der Waals surface area contributed by atoms with E-state index in [0.29, 0.717) is 30.8 Å². The zero-order valence-corrected chi connectivity index (χ0v) is 15.0. The summed E-state index contributed by atoms with van der Waals surface area (Å²) < 4.78 is 6.31. The first-order chi connectivity index (χ1) is 13.0. The van der Waals surface area contributed by atoms with Crippen LogP contribution in [-0.4, -0.2) is 51.9 Å². The minimum Gasteiger partial charge on any atom is -0.497 e. The van der Waals surface area contributed by atoms with E-state index in [-0.39, 0.29) is 24.6 Å². The van der Waals surface area contributed by atoms with Crippen LogP contribution in [0.15, 0.2) is 41.2 Å². The Morgan fingerprint density at radius 2 is 2.11 bits per heavy atom. The molecule has 0 spiro atoms. The van der Waals surface area contributed by atoms with Crippen LogP contribution in [0, 0.1) is 5.92 Å². The number of hydrogen-bond donors (Lipinski definition) is 1. The van der Waals surface area contributed by atoms with E-state index in [9.17, 15) is 14.4 Å². The van der Waals surface area contributed by atoms with Crippen molar-refractivity contribution >= 4 is 11.9 Å². The molecule has 8 nitrogen and oxygen atoms in total. The fourth-order valence-corrected chi connectivity index (χ4v) is 3.13. The molecule has 0 saturated carbocycles. The third-order valence-electron chi connectivity index (χ3n) is 4.64. The van der Waals surface area contributed by atoms with Crippen LogP contribution in [0.3, 0.4) is 0 Å². The summed E-state index contributed by atoms with van der Waals surface area (Å²) in [5.41, 5.74) is 0.921. The predicted molar refractivity (Wildman–Crippen MR) is 97.4 cm³/mol. The molecule has 142 valence electrons. The van der Waals surface area contributed by atoms with E-state index in [1.807, 2.05) is 12.1 Å². The number of hydrogen-bond acceptors (Lipinski definition) is 5. The summed E-state index contributed by atoms with van der Waals surface area (Å²) in [6.45, 7) is 0.439. The van der Waals surface area contributed by atoms with Gasteiger partial charge in [-0.05, 0) is 31.0 Å². The molecule has 1 aromatic heterocycles. The summed E-state index contributed by atoms with van der Waals surface area (Å²) in [6.07, 6.45) is 1.19. The van der Waals surface area contributed by atoms with Crippen LogP contribution in [0.1, 0.15) is 12.8 Å². The fraction of sp³-hybridized carbons (Fsp3) is 0.368. The molecular weight excluding hydrogens is 350 g/mol. The van der Waals surface area contributed by atoms with Crippen molar-refractivity contribution in [2.75, 3.05) is 20.2 Å². The summed E-state index contributed by atoms with van der Waals surface area (Å²) in [4.78, 5) is 37.3. The number of benzene rings is 1. The number of piperidine rings is 1. The number of carbonyl (C=O) groups is 2. The van der Waals surface area contributed by atoms with E-state index in [2.05, 4.69) is 5.10 Å². The van der Waals surface area contributed by atoms with Gasteiger partial charge in [-0.2, -0.15) is 5.10 Å². The molecule has 1 fully saturated rings. The zero-order chi connectivity index (χ0) is 19.4. The molecule has 1 atom stereocenters. The van der Waals surface area contributed by atoms with Crippen molar-refractivity contribution in [2.24, 2.45) is 5.92 Å². The summed E-state index contributed by atoms with van der Waals surface area (Å²) in [6, 6.07) is 10.2. The Labute approximate surface area is 156 Å². The lowest BCUT2D eigenvalue weighted by Gasteiger charge is -2.30. The third-order valence-corrected chi connectivity index (χ3v) is 4.64. The Bertz CT molecular complexity index is 908. The van der Waals surface area contributed by atoms with Crippen molar-refractivity contribution in [1.82, 2.24) is 14.7 Å². The lowest BCUT2D eigenvalue weighted by molar-refractivity contribution is -0.145. The van der Waals surface area contributed by atoms with E-state index in [0.717, 1.165) is 10.2 Å². The first-order valence-corrected chi connectivity index (χ1v) is 8.71. The van der Waals surface area contributed by atoms with Gasteiger partial charge < -0.3 is 14.7 Å². The number of carboxylic acid groups (broad SMARTS) is 1. The number of aromatic nitrogens is 2. The van der Waals surface area contributed by atoms with Gasteiger partial charge in [-0.3, -0.25) is 14.4 Å². The molecule has 0 unspecified atom stereocenters. The number of ether oxygens (including phenoxy) is 1. The SMILES string of the molecule is COc1cccc(-c2ccc(=O)n(CC(=O)N3CCC[C@@H](C(=O)O)C3)n2)c1. The summed E-state index contributed by atoms with van der Waals surface area (Å²) in [5.74, 6) is -1.10. The van der Waals surface area contributed by atoms with Crippen molar-refractivity contribution in [2.45, 2.75) is 19.4 Å². The fourth-order valence-electron chi connectivity index (χ4n) is 3.13. The summed E-state index contributed by atoms with van der Waals surface area (Å²) in [5, 5.41) is 13.5. The van der Waals surface area contributed by atoms with Crippen molar-refractivity contribution in [1.29, 1.82) is 0 Å². The quantitative estimate of drug-likeness (QED) is 0.849. The Kier molecular flexibility index (Phi) is 5.54. The van der Waals surface area contributed by atoms with Gasteiger partial charge in [0, 0.05) is 24.7 Å². The molecule has 3 rings (SSSR count). The topological polar surface area (TPSA) is 102 Å². The van der Waals surface area contributed by atoms with Crippen LogP contribution in [-0.2, 0) is 16.1 Å². The third kappa shape index (κ3) is 4.33. The molecule has 0 aliphatic carbocycles. The van der Waals surface area contributed by atoms with Gasteiger partial charge in [0.2, 0.25) is 5.91 Å². The first-order valence-electron chi connectivity index (χ1n) is 8.71. The van der Waals surface area contributed by atoms with E-state index < -0.39 is 11.9 Å². The molecule has 8 heteroatoms. The highest BCUT2D eigenvalue weighted by molar-refractivity contribution is 5.77. The van der Waals surface area contributed by atoms with Gasteiger partial charge in [-0.25, -0.2) is 4.68 Å². The second-order valence-corrected chi connectivity index (χ2v) is 6.46. The molecule has 0 radical (unpaired) electrons. The van der Waals surface area contributed by atoms with Crippen LogP contribution in [0.4, 0.5) is 0 Å².